The molecular formula is C10H12O2. The van der Waals surface area contributed by atoms with E-state index in [1.807, 2.05) is 37.3 Å². The van der Waals surface area contributed by atoms with Gasteiger partial charge in [-0.3, -0.25) is 0 Å². The lowest BCUT2D eigenvalue weighted by atomic mass is 10.1. The van der Waals surface area contributed by atoms with E-state index < -0.39 is 6.10 Å². The Morgan fingerprint density at radius 2 is 1.92 bits per heavy atom. The van der Waals surface area contributed by atoms with Crippen LogP contribution in [-0.4, -0.2) is 17.3 Å². The minimum Gasteiger partial charge on any atom is -0.386 e. The fourth-order valence-corrected chi connectivity index (χ4v) is 1.37. The van der Waals surface area contributed by atoms with Crippen molar-refractivity contribution in [3.63, 3.8) is 0 Å². The van der Waals surface area contributed by atoms with E-state index in [2.05, 4.69) is 0 Å². The molecule has 12 heavy (non-hydrogen) atoms. The zero-order valence-corrected chi connectivity index (χ0v) is 6.97. The molecule has 0 spiro atoms. The average Bonchev–Trinajstić information content (AvgIpc) is 2.83. The molecule has 2 nitrogen and oxygen atoms in total. The topological polar surface area (TPSA) is 32.8 Å². The minimum atomic E-state index is -0.457. The lowest BCUT2D eigenvalue weighted by molar-refractivity contribution is 0.137. The van der Waals surface area contributed by atoms with E-state index >= 15 is 0 Å². The van der Waals surface area contributed by atoms with E-state index in [-0.39, 0.29) is 12.2 Å². The minimum absolute atomic E-state index is 0.00685. The summed E-state index contributed by atoms with van der Waals surface area (Å²) in [6, 6.07) is 9.61. The molecule has 0 aliphatic carbocycles. The van der Waals surface area contributed by atoms with Gasteiger partial charge >= 0.3 is 0 Å². The Morgan fingerprint density at radius 3 is 2.42 bits per heavy atom. The first-order valence-electron chi connectivity index (χ1n) is 4.17. The van der Waals surface area contributed by atoms with Gasteiger partial charge in [0.25, 0.3) is 0 Å². The van der Waals surface area contributed by atoms with Crippen molar-refractivity contribution in [1.29, 1.82) is 0 Å². The number of rotatable bonds is 2. The van der Waals surface area contributed by atoms with Crippen LogP contribution in [0.4, 0.5) is 0 Å². The van der Waals surface area contributed by atoms with E-state index in [1.165, 1.54) is 0 Å². The molecular weight excluding hydrogens is 152 g/mol. The Morgan fingerprint density at radius 1 is 1.33 bits per heavy atom. The van der Waals surface area contributed by atoms with Gasteiger partial charge in [0.05, 0.1) is 6.10 Å². The van der Waals surface area contributed by atoms with Gasteiger partial charge in [0, 0.05) is 0 Å². The van der Waals surface area contributed by atoms with Crippen LogP contribution < -0.4 is 0 Å². The molecule has 0 amide bonds. The molecule has 0 aromatic heterocycles. The molecule has 0 saturated carbocycles. The molecule has 1 aliphatic heterocycles. The Balaban J connectivity index is 2.10. The summed E-state index contributed by atoms with van der Waals surface area (Å²) in [6.45, 7) is 1.97. The largest absolute Gasteiger partial charge is 0.386 e. The van der Waals surface area contributed by atoms with Crippen LogP contribution in [0.25, 0.3) is 0 Å². The predicted octanol–water partition coefficient (Wildman–Crippen LogP) is 1.51. The van der Waals surface area contributed by atoms with E-state index in [9.17, 15) is 5.11 Å². The van der Waals surface area contributed by atoms with Crippen molar-refractivity contribution in [1.82, 2.24) is 0 Å². The number of hydrogen-bond acceptors (Lipinski definition) is 2. The number of aliphatic hydroxyl groups is 1. The van der Waals surface area contributed by atoms with Gasteiger partial charge in [-0.1, -0.05) is 30.3 Å². The molecule has 2 heteroatoms. The van der Waals surface area contributed by atoms with E-state index in [0.717, 1.165) is 5.56 Å². The van der Waals surface area contributed by atoms with E-state index in [0.29, 0.717) is 0 Å². The molecule has 0 unspecified atom stereocenters. The van der Waals surface area contributed by atoms with Gasteiger partial charge < -0.3 is 9.84 Å². The highest BCUT2D eigenvalue weighted by molar-refractivity contribution is 5.20. The first kappa shape index (κ1) is 7.77. The van der Waals surface area contributed by atoms with Crippen molar-refractivity contribution < 1.29 is 9.84 Å². The van der Waals surface area contributed by atoms with Crippen LogP contribution in [0.3, 0.4) is 0 Å². The van der Waals surface area contributed by atoms with Crippen molar-refractivity contribution in [3.05, 3.63) is 35.9 Å². The molecule has 3 atom stereocenters. The molecule has 0 bridgehead atoms. The highest BCUT2D eigenvalue weighted by atomic mass is 16.6. The van der Waals surface area contributed by atoms with Gasteiger partial charge in [0.2, 0.25) is 0 Å². The third-order valence-electron chi connectivity index (χ3n) is 2.21. The first-order valence-corrected chi connectivity index (χ1v) is 4.17. The van der Waals surface area contributed by atoms with Gasteiger partial charge in [-0.15, -0.1) is 0 Å². The smallest absolute Gasteiger partial charge is 0.114 e. The summed E-state index contributed by atoms with van der Waals surface area (Å²) in [4.78, 5) is 0. The first-order chi connectivity index (χ1) is 5.79. The average molecular weight is 164 g/mol. The summed E-state index contributed by atoms with van der Waals surface area (Å²) in [5.74, 6) is 0. The lowest BCUT2D eigenvalue weighted by Gasteiger charge is -2.06. The Bertz CT molecular complexity index is 258. The molecule has 1 aliphatic rings. The lowest BCUT2D eigenvalue weighted by Crippen LogP contribution is -2.06. The zero-order valence-electron chi connectivity index (χ0n) is 6.97. The summed E-state index contributed by atoms with van der Waals surface area (Å²) in [5, 5.41) is 9.71. The third-order valence-corrected chi connectivity index (χ3v) is 2.21. The Hall–Kier alpha value is -0.860. The summed E-state index contributed by atoms with van der Waals surface area (Å²) in [7, 11) is 0. The van der Waals surface area contributed by atoms with Crippen molar-refractivity contribution in [3.8, 4) is 0 Å². The molecule has 64 valence electrons. The van der Waals surface area contributed by atoms with Crippen molar-refractivity contribution in [2.24, 2.45) is 0 Å². The van der Waals surface area contributed by atoms with Gasteiger partial charge in [-0.05, 0) is 12.5 Å². The second-order valence-electron chi connectivity index (χ2n) is 3.16. The predicted molar refractivity (Wildman–Crippen MR) is 45.7 cm³/mol. The maximum absolute atomic E-state index is 9.71. The van der Waals surface area contributed by atoms with Gasteiger partial charge in [-0.25, -0.2) is 0 Å². The maximum atomic E-state index is 9.71. The maximum Gasteiger partial charge on any atom is 0.114 e. The molecule has 1 heterocycles. The number of ether oxygens (including phenoxy) is 1. The van der Waals surface area contributed by atoms with Gasteiger partial charge in [0.15, 0.2) is 0 Å². The number of aliphatic hydroxyl groups excluding tert-OH is 1. The summed E-state index contributed by atoms with van der Waals surface area (Å²) < 4.78 is 5.18. The highest BCUT2D eigenvalue weighted by Crippen LogP contribution is 2.33. The van der Waals surface area contributed by atoms with Crippen LogP contribution in [0.5, 0.6) is 0 Å². The summed E-state index contributed by atoms with van der Waals surface area (Å²) in [6.07, 6.45) is -0.242. The molecule has 1 aromatic rings. The second-order valence-corrected chi connectivity index (χ2v) is 3.16. The Labute approximate surface area is 71.8 Å². The van der Waals surface area contributed by atoms with Crippen LogP contribution in [0, 0.1) is 0 Å². The number of epoxide rings is 1. The van der Waals surface area contributed by atoms with Crippen LogP contribution in [0.1, 0.15) is 18.6 Å². The fourth-order valence-electron chi connectivity index (χ4n) is 1.37. The van der Waals surface area contributed by atoms with Crippen molar-refractivity contribution >= 4 is 0 Å². The van der Waals surface area contributed by atoms with Crippen LogP contribution >= 0.6 is 0 Å². The van der Waals surface area contributed by atoms with E-state index in [1.54, 1.807) is 0 Å². The molecule has 0 radical (unpaired) electrons. The van der Waals surface area contributed by atoms with Crippen molar-refractivity contribution in [2.45, 2.75) is 25.2 Å². The second kappa shape index (κ2) is 2.88. The normalized spacial score (nSPS) is 29.8. The Kier molecular flexibility index (Phi) is 1.87. The molecule has 2 rings (SSSR count). The van der Waals surface area contributed by atoms with Gasteiger partial charge in [-0.2, -0.15) is 0 Å². The molecule has 1 N–H and O–H groups in total. The van der Waals surface area contributed by atoms with Crippen LogP contribution in [0.2, 0.25) is 0 Å². The standard InChI is InChI=1S/C10H12O2/c1-7-10(12-7)9(11)8-5-3-2-4-6-8/h2-7,9-11H,1H3/t7-,9+,10+/m0/s1. The highest BCUT2D eigenvalue weighted by Gasteiger charge is 2.41. The molecule has 1 saturated heterocycles. The van der Waals surface area contributed by atoms with Crippen molar-refractivity contribution in [2.75, 3.05) is 0 Å². The summed E-state index contributed by atoms with van der Waals surface area (Å²) >= 11 is 0. The number of hydrogen-bond donors (Lipinski definition) is 1. The molecule has 1 aromatic carbocycles. The van der Waals surface area contributed by atoms with Crippen LogP contribution in [0.15, 0.2) is 30.3 Å². The van der Waals surface area contributed by atoms with Crippen LogP contribution in [-0.2, 0) is 4.74 Å². The zero-order chi connectivity index (χ0) is 8.55. The van der Waals surface area contributed by atoms with E-state index in [4.69, 9.17) is 4.74 Å². The summed E-state index contributed by atoms with van der Waals surface area (Å²) in [5.41, 5.74) is 0.937. The quantitative estimate of drug-likeness (QED) is 0.672. The third kappa shape index (κ3) is 1.36. The number of benzene rings is 1. The SMILES string of the molecule is C[C@@H]1O[C@H]1[C@H](O)c1ccccc1. The fraction of sp³-hybridized carbons (Fsp3) is 0.400. The molecule has 1 fully saturated rings. The van der Waals surface area contributed by atoms with Gasteiger partial charge in [0.1, 0.15) is 12.2 Å². The monoisotopic (exact) mass is 164 g/mol.